The fourth-order valence-corrected chi connectivity index (χ4v) is 3.10. The summed E-state index contributed by atoms with van der Waals surface area (Å²) in [5, 5.41) is 0.454. The van der Waals surface area contributed by atoms with Gasteiger partial charge in [0.2, 0.25) is 0 Å². The Bertz CT molecular complexity index is 939. The van der Waals surface area contributed by atoms with Gasteiger partial charge < -0.3 is 4.90 Å². The van der Waals surface area contributed by atoms with Gasteiger partial charge in [-0.1, -0.05) is 29.8 Å². The van der Waals surface area contributed by atoms with E-state index in [-0.39, 0.29) is 17.8 Å². The lowest BCUT2D eigenvalue weighted by atomic mass is 10.1. The molecule has 3 rings (SSSR count). The lowest BCUT2D eigenvalue weighted by Gasteiger charge is -2.17. The summed E-state index contributed by atoms with van der Waals surface area (Å²) in [5.74, 6) is -1.59. The molecule has 1 heterocycles. The largest absolute Gasteiger partial charge is 0.300 e. The van der Waals surface area contributed by atoms with E-state index in [0.29, 0.717) is 10.6 Å². The standard InChI is InChI=1S/C15H10ClNO5S/c16-12-4-2-1-3-9(12)8-17-13-6-5-10(23(20,21)22)7-11(13)14(18)15(17)19/h1-7H,8H2,(H,20,21,22). The number of nitrogens with zero attached hydrogens (tertiary/aromatic N) is 1. The fraction of sp³-hybridized carbons (Fsp3) is 0.0667. The maximum absolute atomic E-state index is 12.2. The Labute approximate surface area is 137 Å². The average molecular weight is 352 g/mol. The zero-order valence-electron chi connectivity index (χ0n) is 11.6. The molecule has 1 aliphatic rings. The van der Waals surface area contributed by atoms with E-state index in [1.54, 1.807) is 24.3 Å². The first-order valence-corrected chi connectivity index (χ1v) is 8.32. The van der Waals surface area contributed by atoms with Gasteiger partial charge in [-0.25, -0.2) is 0 Å². The first kappa shape index (κ1) is 15.7. The van der Waals surface area contributed by atoms with E-state index in [0.717, 1.165) is 12.1 Å². The molecule has 0 spiro atoms. The van der Waals surface area contributed by atoms with Crippen LogP contribution in [0.25, 0.3) is 0 Å². The van der Waals surface area contributed by atoms with Crippen molar-refractivity contribution in [3.63, 3.8) is 0 Å². The normalized spacial score (nSPS) is 14.3. The monoisotopic (exact) mass is 351 g/mol. The van der Waals surface area contributed by atoms with Crippen LogP contribution in [0.2, 0.25) is 5.02 Å². The number of carbonyl (C=O) groups excluding carboxylic acids is 2. The third-order valence-electron chi connectivity index (χ3n) is 3.53. The van der Waals surface area contributed by atoms with Crippen molar-refractivity contribution in [2.75, 3.05) is 4.90 Å². The average Bonchev–Trinajstić information content (AvgIpc) is 2.73. The van der Waals surface area contributed by atoms with Crippen LogP contribution in [0.15, 0.2) is 47.4 Å². The van der Waals surface area contributed by atoms with Gasteiger partial charge in [-0.3, -0.25) is 14.1 Å². The van der Waals surface area contributed by atoms with Gasteiger partial charge in [-0.15, -0.1) is 0 Å². The number of benzene rings is 2. The summed E-state index contributed by atoms with van der Waals surface area (Å²) in [7, 11) is -4.45. The molecule has 0 saturated carbocycles. The minimum Gasteiger partial charge on any atom is -0.300 e. The SMILES string of the molecule is O=C1C(=O)N(Cc2ccccc2Cl)c2ccc(S(=O)(=O)O)cc21. The Morgan fingerprint density at radius 2 is 1.78 bits per heavy atom. The molecule has 1 N–H and O–H groups in total. The summed E-state index contributed by atoms with van der Waals surface area (Å²) in [6.07, 6.45) is 0. The molecule has 2 aromatic carbocycles. The molecule has 2 aromatic rings. The molecule has 0 aromatic heterocycles. The molecule has 0 fully saturated rings. The number of anilines is 1. The van der Waals surface area contributed by atoms with Gasteiger partial charge in [0.15, 0.2) is 0 Å². The van der Waals surface area contributed by atoms with Crippen LogP contribution in [-0.4, -0.2) is 24.7 Å². The Morgan fingerprint density at radius 3 is 2.43 bits per heavy atom. The zero-order valence-corrected chi connectivity index (χ0v) is 13.1. The van der Waals surface area contributed by atoms with Crippen LogP contribution in [0.3, 0.4) is 0 Å². The molecule has 1 amide bonds. The number of ketones is 1. The van der Waals surface area contributed by atoms with Crippen LogP contribution in [0.1, 0.15) is 15.9 Å². The number of hydrogen-bond acceptors (Lipinski definition) is 4. The van der Waals surface area contributed by atoms with Gasteiger partial charge in [-0.2, -0.15) is 8.42 Å². The Balaban J connectivity index is 2.05. The number of amides is 1. The predicted octanol–water partition coefficient (Wildman–Crippen LogP) is 2.32. The van der Waals surface area contributed by atoms with Gasteiger partial charge >= 0.3 is 0 Å². The smallest absolute Gasteiger partial charge is 0.299 e. The topological polar surface area (TPSA) is 91.8 Å². The highest BCUT2D eigenvalue weighted by Gasteiger charge is 2.36. The van der Waals surface area contributed by atoms with Crippen LogP contribution in [-0.2, 0) is 21.5 Å². The second-order valence-electron chi connectivity index (χ2n) is 4.97. The molecular weight excluding hydrogens is 342 g/mol. The van der Waals surface area contributed by atoms with Crippen LogP contribution >= 0.6 is 11.6 Å². The predicted molar refractivity (Wildman–Crippen MR) is 83.2 cm³/mol. The molecule has 0 bridgehead atoms. The van der Waals surface area contributed by atoms with Crippen LogP contribution in [0, 0.1) is 0 Å². The molecule has 8 heteroatoms. The van der Waals surface area contributed by atoms with E-state index in [1.165, 1.54) is 11.0 Å². The minimum atomic E-state index is -4.45. The van der Waals surface area contributed by atoms with Crippen LogP contribution in [0.4, 0.5) is 5.69 Å². The van der Waals surface area contributed by atoms with E-state index in [9.17, 15) is 18.0 Å². The molecule has 1 aliphatic heterocycles. The van der Waals surface area contributed by atoms with Crippen molar-refractivity contribution in [2.45, 2.75) is 11.4 Å². The summed E-state index contributed by atoms with van der Waals surface area (Å²) >= 11 is 6.06. The van der Waals surface area contributed by atoms with E-state index < -0.39 is 26.7 Å². The Hall–Kier alpha value is -2.22. The van der Waals surface area contributed by atoms with Crippen LogP contribution in [0.5, 0.6) is 0 Å². The van der Waals surface area contributed by atoms with Gasteiger partial charge in [0.05, 0.1) is 22.7 Å². The quantitative estimate of drug-likeness (QED) is 0.676. The molecule has 0 radical (unpaired) electrons. The third kappa shape index (κ3) is 2.74. The molecule has 0 saturated heterocycles. The molecule has 118 valence electrons. The number of Topliss-reactive ketones (excluding diaryl/α,β-unsaturated/α-hetero) is 1. The van der Waals surface area contributed by atoms with E-state index >= 15 is 0 Å². The third-order valence-corrected chi connectivity index (χ3v) is 4.75. The van der Waals surface area contributed by atoms with Crippen molar-refractivity contribution in [3.8, 4) is 0 Å². The Morgan fingerprint density at radius 1 is 1.09 bits per heavy atom. The summed E-state index contributed by atoms with van der Waals surface area (Å²) in [6.45, 7) is 0.0858. The van der Waals surface area contributed by atoms with Crippen molar-refractivity contribution >= 4 is 39.1 Å². The zero-order chi connectivity index (χ0) is 16.8. The molecule has 0 unspecified atom stereocenters. The molecule has 23 heavy (non-hydrogen) atoms. The second kappa shape index (κ2) is 5.45. The highest BCUT2D eigenvalue weighted by Crippen LogP contribution is 2.33. The second-order valence-corrected chi connectivity index (χ2v) is 6.79. The summed E-state index contributed by atoms with van der Waals surface area (Å²) in [4.78, 5) is 25.0. The number of rotatable bonds is 3. The highest BCUT2D eigenvalue weighted by atomic mass is 35.5. The highest BCUT2D eigenvalue weighted by molar-refractivity contribution is 7.85. The molecule has 0 aliphatic carbocycles. The molecule has 0 atom stereocenters. The van der Waals surface area contributed by atoms with E-state index in [4.69, 9.17) is 16.2 Å². The first-order chi connectivity index (χ1) is 10.8. The maximum Gasteiger partial charge on any atom is 0.299 e. The van der Waals surface area contributed by atoms with Crippen molar-refractivity contribution in [3.05, 3.63) is 58.6 Å². The van der Waals surface area contributed by atoms with Crippen LogP contribution < -0.4 is 4.90 Å². The minimum absolute atomic E-state index is 0.0582. The van der Waals surface area contributed by atoms with Crippen molar-refractivity contribution in [1.29, 1.82) is 0 Å². The summed E-state index contributed by atoms with van der Waals surface area (Å²) < 4.78 is 31.4. The maximum atomic E-state index is 12.2. The number of hydrogen-bond donors (Lipinski definition) is 1. The van der Waals surface area contributed by atoms with Gasteiger partial charge in [-0.05, 0) is 29.8 Å². The fourth-order valence-electron chi connectivity index (χ4n) is 2.39. The van der Waals surface area contributed by atoms with E-state index in [2.05, 4.69) is 0 Å². The van der Waals surface area contributed by atoms with Crippen molar-refractivity contribution in [1.82, 2.24) is 0 Å². The van der Waals surface area contributed by atoms with E-state index in [1.807, 2.05) is 0 Å². The Kier molecular flexibility index (Phi) is 3.71. The lowest BCUT2D eigenvalue weighted by Crippen LogP contribution is -2.29. The summed E-state index contributed by atoms with van der Waals surface area (Å²) in [5.41, 5.74) is 0.881. The van der Waals surface area contributed by atoms with Gasteiger partial charge in [0.1, 0.15) is 0 Å². The summed E-state index contributed by atoms with van der Waals surface area (Å²) in [6, 6.07) is 10.3. The van der Waals surface area contributed by atoms with Gasteiger partial charge in [0.25, 0.3) is 21.8 Å². The molecule has 6 nitrogen and oxygen atoms in total. The number of carbonyl (C=O) groups is 2. The lowest BCUT2D eigenvalue weighted by molar-refractivity contribution is -0.114. The number of fused-ring (bicyclic) bond motifs is 1. The molecular formula is C15H10ClNO5S. The van der Waals surface area contributed by atoms with Crippen molar-refractivity contribution < 1.29 is 22.6 Å². The van der Waals surface area contributed by atoms with Gasteiger partial charge in [0, 0.05) is 5.02 Å². The first-order valence-electron chi connectivity index (χ1n) is 6.50. The number of halogens is 1. The van der Waals surface area contributed by atoms with Crippen molar-refractivity contribution in [2.24, 2.45) is 0 Å².